The molecule has 1 aromatic heterocycles. The SMILES string of the molecule is Cc1c(N2C(=O)C=C(F)C2=O)c(=O)oc2cc(N(C)C)ccc12. The number of fused-ring (bicyclic) bond motifs is 1. The molecule has 2 aromatic rings. The number of amides is 2. The molecule has 2 amide bonds. The highest BCUT2D eigenvalue weighted by molar-refractivity contribution is 6.30. The third kappa shape index (κ3) is 2.21. The molecule has 0 N–H and O–H groups in total. The van der Waals surface area contributed by atoms with Crippen LogP contribution in [0.15, 0.2) is 39.3 Å². The second-order valence-corrected chi connectivity index (χ2v) is 5.41. The third-order valence-corrected chi connectivity index (χ3v) is 3.74. The minimum absolute atomic E-state index is 0.256. The Bertz CT molecular complexity index is 943. The zero-order chi connectivity index (χ0) is 16.9. The summed E-state index contributed by atoms with van der Waals surface area (Å²) in [5, 5.41) is 0.568. The van der Waals surface area contributed by atoms with Gasteiger partial charge in [0.05, 0.1) is 0 Å². The fourth-order valence-corrected chi connectivity index (χ4v) is 2.52. The van der Waals surface area contributed by atoms with E-state index in [1.54, 1.807) is 19.1 Å². The quantitative estimate of drug-likeness (QED) is 0.625. The van der Waals surface area contributed by atoms with Gasteiger partial charge in [-0.15, -0.1) is 0 Å². The Morgan fingerprint density at radius 1 is 1.17 bits per heavy atom. The predicted molar refractivity (Wildman–Crippen MR) is 83.2 cm³/mol. The Morgan fingerprint density at radius 3 is 2.43 bits per heavy atom. The summed E-state index contributed by atoms with van der Waals surface area (Å²) in [6.45, 7) is 1.58. The molecule has 1 aromatic carbocycles. The van der Waals surface area contributed by atoms with Gasteiger partial charge < -0.3 is 9.32 Å². The Hall–Kier alpha value is -2.96. The van der Waals surface area contributed by atoms with Crippen LogP contribution in [0.1, 0.15) is 5.56 Å². The molecule has 2 heterocycles. The van der Waals surface area contributed by atoms with E-state index in [1.165, 1.54) is 0 Å². The minimum atomic E-state index is -1.20. The van der Waals surface area contributed by atoms with E-state index in [9.17, 15) is 18.8 Å². The van der Waals surface area contributed by atoms with Crippen LogP contribution in [0.4, 0.5) is 15.8 Å². The summed E-state index contributed by atoms with van der Waals surface area (Å²) in [7, 11) is 3.69. The lowest BCUT2D eigenvalue weighted by atomic mass is 10.1. The first-order chi connectivity index (χ1) is 10.8. The van der Waals surface area contributed by atoms with Crippen molar-refractivity contribution in [1.82, 2.24) is 0 Å². The Balaban J connectivity index is 2.24. The molecule has 7 heteroatoms. The number of benzene rings is 1. The molecule has 0 aliphatic carbocycles. The van der Waals surface area contributed by atoms with Crippen molar-refractivity contribution in [3.8, 4) is 0 Å². The highest BCUT2D eigenvalue weighted by Crippen LogP contribution is 2.30. The standard InChI is InChI=1S/C16H13FN2O4/c1-8-10-5-4-9(18(2)3)6-12(10)23-16(22)14(8)19-13(20)7-11(17)15(19)21/h4-7H,1-3H3. The molecule has 0 spiro atoms. The van der Waals surface area contributed by atoms with Crippen molar-refractivity contribution in [1.29, 1.82) is 0 Å². The van der Waals surface area contributed by atoms with Crippen molar-refractivity contribution in [2.24, 2.45) is 0 Å². The van der Waals surface area contributed by atoms with Crippen LogP contribution < -0.4 is 15.4 Å². The second-order valence-electron chi connectivity index (χ2n) is 5.41. The monoisotopic (exact) mass is 316 g/mol. The van der Waals surface area contributed by atoms with Gasteiger partial charge in [0.2, 0.25) is 0 Å². The molecule has 0 atom stereocenters. The molecule has 6 nitrogen and oxygen atoms in total. The number of carbonyl (C=O) groups excluding carboxylic acids is 2. The Morgan fingerprint density at radius 2 is 1.87 bits per heavy atom. The van der Waals surface area contributed by atoms with Gasteiger partial charge >= 0.3 is 5.63 Å². The maximum atomic E-state index is 13.3. The van der Waals surface area contributed by atoms with Gasteiger partial charge in [-0.2, -0.15) is 0 Å². The number of aryl methyl sites for hydroxylation is 1. The molecule has 0 radical (unpaired) electrons. The van der Waals surface area contributed by atoms with Crippen LogP contribution in [0.5, 0.6) is 0 Å². The molecular weight excluding hydrogens is 303 g/mol. The van der Waals surface area contributed by atoms with E-state index in [0.29, 0.717) is 27.5 Å². The summed E-state index contributed by atoms with van der Waals surface area (Å²) >= 11 is 0. The Kier molecular flexibility index (Phi) is 3.28. The maximum Gasteiger partial charge on any atom is 0.361 e. The lowest BCUT2D eigenvalue weighted by Gasteiger charge is -2.17. The van der Waals surface area contributed by atoms with E-state index in [4.69, 9.17) is 4.42 Å². The molecule has 118 valence electrons. The van der Waals surface area contributed by atoms with Crippen LogP contribution in [-0.4, -0.2) is 25.9 Å². The number of hydrogen-bond acceptors (Lipinski definition) is 5. The van der Waals surface area contributed by atoms with Gasteiger partial charge in [0.15, 0.2) is 5.83 Å². The minimum Gasteiger partial charge on any atom is -0.421 e. The van der Waals surface area contributed by atoms with Crippen LogP contribution in [-0.2, 0) is 9.59 Å². The first-order valence-corrected chi connectivity index (χ1v) is 6.81. The summed E-state index contributed by atoms with van der Waals surface area (Å²) < 4.78 is 18.6. The van der Waals surface area contributed by atoms with Gasteiger partial charge in [-0.05, 0) is 24.6 Å². The number of rotatable bonds is 2. The van der Waals surface area contributed by atoms with Gasteiger partial charge in [0, 0.05) is 37.3 Å². The number of carbonyl (C=O) groups is 2. The van der Waals surface area contributed by atoms with Crippen LogP contribution in [0, 0.1) is 6.92 Å². The van der Waals surface area contributed by atoms with E-state index in [1.807, 2.05) is 25.1 Å². The van der Waals surface area contributed by atoms with E-state index in [0.717, 1.165) is 5.69 Å². The van der Waals surface area contributed by atoms with Crippen molar-refractivity contribution in [2.75, 3.05) is 23.9 Å². The summed E-state index contributed by atoms with van der Waals surface area (Å²) in [4.78, 5) is 38.2. The van der Waals surface area contributed by atoms with Gasteiger partial charge in [0.1, 0.15) is 11.3 Å². The third-order valence-electron chi connectivity index (χ3n) is 3.74. The average molecular weight is 316 g/mol. The molecule has 1 aliphatic heterocycles. The molecule has 0 saturated carbocycles. The number of nitrogens with zero attached hydrogens (tertiary/aromatic N) is 2. The fraction of sp³-hybridized carbons (Fsp3) is 0.188. The maximum absolute atomic E-state index is 13.3. The largest absolute Gasteiger partial charge is 0.421 e. The smallest absolute Gasteiger partial charge is 0.361 e. The Labute approximate surface area is 130 Å². The summed E-state index contributed by atoms with van der Waals surface area (Å²) in [6.07, 6.45) is 0.556. The first-order valence-electron chi connectivity index (χ1n) is 6.81. The summed E-state index contributed by atoms with van der Waals surface area (Å²) in [6, 6.07) is 5.22. The number of hydrogen-bond donors (Lipinski definition) is 0. The van der Waals surface area contributed by atoms with Crippen molar-refractivity contribution >= 4 is 34.2 Å². The predicted octanol–water partition coefficient (Wildman–Crippen LogP) is 1.89. The number of imide groups is 1. The van der Waals surface area contributed by atoms with E-state index in [-0.39, 0.29) is 5.69 Å². The fourth-order valence-electron chi connectivity index (χ4n) is 2.52. The molecule has 0 bridgehead atoms. The highest BCUT2D eigenvalue weighted by Gasteiger charge is 2.36. The normalized spacial score (nSPS) is 14.6. The lowest BCUT2D eigenvalue weighted by Crippen LogP contribution is -2.35. The lowest BCUT2D eigenvalue weighted by molar-refractivity contribution is -0.120. The molecule has 0 saturated heterocycles. The van der Waals surface area contributed by atoms with Crippen molar-refractivity contribution in [3.05, 3.63) is 46.1 Å². The zero-order valence-electron chi connectivity index (χ0n) is 12.7. The van der Waals surface area contributed by atoms with Crippen LogP contribution in [0.25, 0.3) is 11.0 Å². The topological polar surface area (TPSA) is 70.8 Å². The van der Waals surface area contributed by atoms with Crippen LogP contribution in [0.3, 0.4) is 0 Å². The highest BCUT2D eigenvalue weighted by atomic mass is 19.1. The van der Waals surface area contributed by atoms with Gasteiger partial charge in [-0.25, -0.2) is 14.1 Å². The van der Waals surface area contributed by atoms with E-state index >= 15 is 0 Å². The molecular formula is C16H13FN2O4. The molecule has 0 fully saturated rings. The van der Waals surface area contributed by atoms with E-state index in [2.05, 4.69) is 0 Å². The number of halogens is 1. The van der Waals surface area contributed by atoms with Gasteiger partial charge in [-0.3, -0.25) is 9.59 Å². The zero-order valence-corrected chi connectivity index (χ0v) is 12.7. The van der Waals surface area contributed by atoms with Crippen molar-refractivity contribution < 1.29 is 18.4 Å². The molecule has 3 rings (SSSR count). The summed E-state index contributed by atoms with van der Waals surface area (Å²) in [5.41, 5.74) is 0.417. The average Bonchev–Trinajstić information content (AvgIpc) is 2.73. The van der Waals surface area contributed by atoms with Crippen molar-refractivity contribution in [3.63, 3.8) is 0 Å². The van der Waals surface area contributed by atoms with Crippen molar-refractivity contribution in [2.45, 2.75) is 6.92 Å². The van der Waals surface area contributed by atoms with Gasteiger partial charge in [0.25, 0.3) is 11.8 Å². The number of anilines is 2. The van der Waals surface area contributed by atoms with Crippen LogP contribution >= 0.6 is 0 Å². The van der Waals surface area contributed by atoms with Crippen LogP contribution in [0.2, 0.25) is 0 Å². The summed E-state index contributed by atoms with van der Waals surface area (Å²) in [5.74, 6) is -3.25. The van der Waals surface area contributed by atoms with Gasteiger partial charge in [-0.1, -0.05) is 0 Å². The first kappa shape index (κ1) is 15.0. The molecule has 0 unspecified atom stereocenters. The van der Waals surface area contributed by atoms with E-state index < -0.39 is 23.3 Å². The molecule has 23 heavy (non-hydrogen) atoms. The molecule has 1 aliphatic rings. The second kappa shape index (κ2) is 5.05.